The number of carbonyl (C=O) groups is 2. The largest absolute Gasteiger partial charge is 0.494 e. The fraction of sp³-hybridized carbons (Fsp3) is 0.364. The lowest BCUT2D eigenvalue weighted by Gasteiger charge is -2.28. The molecule has 0 bridgehead atoms. The molecular formula is C22H27N3O4. The van der Waals surface area contributed by atoms with Crippen molar-refractivity contribution in [1.82, 2.24) is 10.6 Å². The van der Waals surface area contributed by atoms with Crippen molar-refractivity contribution in [3.8, 4) is 5.75 Å². The molecule has 0 aromatic heterocycles. The molecule has 0 spiro atoms. The van der Waals surface area contributed by atoms with Crippen molar-refractivity contribution in [2.75, 3.05) is 44.4 Å². The molecule has 1 fully saturated rings. The molecule has 29 heavy (non-hydrogen) atoms. The zero-order chi connectivity index (χ0) is 20.5. The first kappa shape index (κ1) is 20.7. The van der Waals surface area contributed by atoms with E-state index in [1.54, 1.807) is 24.3 Å². The lowest BCUT2D eigenvalue weighted by molar-refractivity contribution is -0.120. The number of carbonyl (C=O) groups excluding carboxylic acids is 2. The van der Waals surface area contributed by atoms with Crippen molar-refractivity contribution in [3.05, 3.63) is 59.7 Å². The van der Waals surface area contributed by atoms with Crippen LogP contribution in [0, 0.1) is 0 Å². The Morgan fingerprint density at radius 1 is 1.00 bits per heavy atom. The van der Waals surface area contributed by atoms with Crippen LogP contribution < -0.4 is 20.3 Å². The van der Waals surface area contributed by atoms with Crippen molar-refractivity contribution >= 4 is 17.5 Å². The van der Waals surface area contributed by atoms with Crippen molar-refractivity contribution in [2.45, 2.75) is 13.5 Å². The minimum Gasteiger partial charge on any atom is -0.494 e. The van der Waals surface area contributed by atoms with E-state index in [-0.39, 0.29) is 18.4 Å². The number of nitrogens with zero attached hydrogens (tertiary/aromatic N) is 1. The van der Waals surface area contributed by atoms with Gasteiger partial charge in [0, 0.05) is 30.9 Å². The van der Waals surface area contributed by atoms with Gasteiger partial charge in [0.1, 0.15) is 5.75 Å². The molecule has 1 heterocycles. The number of morpholine rings is 1. The fourth-order valence-electron chi connectivity index (χ4n) is 3.04. The Morgan fingerprint density at radius 2 is 1.69 bits per heavy atom. The van der Waals surface area contributed by atoms with E-state index in [1.807, 2.05) is 19.1 Å². The van der Waals surface area contributed by atoms with Crippen LogP contribution in [0.4, 0.5) is 5.69 Å². The normalized spacial score (nSPS) is 13.6. The zero-order valence-corrected chi connectivity index (χ0v) is 16.6. The van der Waals surface area contributed by atoms with E-state index in [2.05, 4.69) is 27.7 Å². The average molecular weight is 397 g/mol. The second-order valence-corrected chi connectivity index (χ2v) is 6.68. The van der Waals surface area contributed by atoms with Gasteiger partial charge in [0.15, 0.2) is 0 Å². The van der Waals surface area contributed by atoms with Gasteiger partial charge in [-0.25, -0.2) is 0 Å². The third-order valence-corrected chi connectivity index (χ3v) is 4.64. The summed E-state index contributed by atoms with van der Waals surface area (Å²) in [7, 11) is 0. The Morgan fingerprint density at radius 3 is 2.34 bits per heavy atom. The van der Waals surface area contributed by atoms with Crippen LogP contribution in [-0.4, -0.2) is 51.3 Å². The number of amides is 2. The molecule has 0 unspecified atom stereocenters. The van der Waals surface area contributed by atoms with Gasteiger partial charge in [-0.3, -0.25) is 9.59 Å². The highest BCUT2D eigenvalue weighted by molar-refractivity contribution is 5.96. The summed E-state index contributed by atoms with van der Waals surface area (Å²) >= 11 is 0. The van der Waals surface area contributed by atoms with Crippen LogP contribution in [0.15, 0.2) is 48.5 Å². The highest BCUT2D eigenvalue weighted by Gasteiger charge is 2.11. The third kappa shape index (κ3) is 6.22. The fourth-order valence-corrected chi connectivity index (χ4v) is 3.04. The summed E-state index contributed by atoms with van der Waals surface area (Å²) in [5.74, 6) is 0.182. The molecule has 2 aromatic rings. The number of benzene rings is 2. The Kier molecular flexibility index (Phi) is 7.47. The smallest absolute Gasteiger partial charge is 0.251 e. The second-order valence-electron chi connectivity index (χ2n) is 6.68. The molecule has 154 valence electrons. The first-order valence-corrected chi connectivity index (χ1v) is 9.85. The SMILES string of the molecule is CCOc1ccc(C(=O)NCC(=O)NCc2ccc(N3CCOCC3)cc2)cc1. The Balaban J connectivity index is 1.40. The predicted molar refractivity (Wildman–Crippen MR) is 111 cm³/mol. The molecule has 7 heteroatoms. The molecule has 0 radical (unpaired) electrons. The van der Waals surface area contributed by atoms with Gasteiger partial charge >= 0.3 is 0 Å². The minimum absolute atomic E-state index is 0.0715. The third-order valence-electron chi connectivity index (χ3n) is 4.64. The van der Waals surface area contributed by atoms with Gasteiger partial charge in [0.25, 0.3) is 5.91 Å². The van der Waals surface area contributed by atoms with Gasteiger partial charge in [-0.1, -0.05) is 12.1 Å². The molecule has 2 N–H and O–H groups in total. The lowest BCUT2D eigenvalue weighted by atomic mass is 10.2. The van der Waals surface area contributed by atoms with Crippen molar-refractivity contribution in [3.63, 3.8) is 0 Å². The molecule has 1 aliphatic rings. The molecule has 0 aliphatic carbocycles. The van der Waals surface area contributed by atoms with Gasteiger partial charge in [-0.15, -0.1) is 0 Å². The summed E-state index contributed by atoms with van der Waals surface area (Å²) in [5.41, 5.74) is 2.65. The van der Waals surface area contributed by atoms with E-state index in [0.717, 1.165) is 37.6 Å². The lowest BCUT2D eigenvalue weighted by Crippen LogP contribution is -2.36. The monoisotopic (exact) mass is 397 g/mol. The molecule has 1 saturated heterocycles. The first-order valence-electron chi connectivity index (χ1n) is 9.85. The second kappa shape index (κ2) is 10.5. The number of ether oxygens (including phenoxy) is 2. The van der Waals surface area contributed by atoms with E-state index in [9.17, 15) is 9.59 Å². The molecular weight excluding hydrogens is 370 g/mol. The van der Waals surface area contributed by atoms with E-state index in [1.165, 1.54) is 0 Å². The molecule has 1 aliphatic heterocycles. The van der Waals surface area contributed by atoms with E-state index in [0.29, 0.717) is 24.5 Å². The standard InChI is InChI=1S/C22H27N3O4/c1-2-29-20-9-5-18(6-10-20)22(27)24-16-21(26)23-15-17-3-7-19(8-4-17)25-11-13-28-14-12-25/h3-10H,2,11-16H2,1H3,(H,23,26)(H,24,27). The molecule has 0 saturated carbocycles. The number of nitrogens with one attached hydrogen (secondary N) is 2. The van der Waals surface area contributed by atoms with Crippen molar-refractivity contribution < 1.29 is 19.1 Å². The molecule has 2 amide bonds. The average Bonchev–Trinajstić information content (AvgIpc) is 2.78. The Hall–Kier alpha value is -3.06. The zero-order valence-electron chi connectivity index (χ0n) is 16.6. The van der Waals surface area contributed by atoms with E-state index >= 15 is 0 Å². The van der Waals surface area contributed by atoms with Crippen LogP contribution in [-0.2, 0) is 16.1 Å². The Bertz CT molecular complexity index is 800. The summed E-state index contributed by atoms with van der Waals surface area (Å²) in [4.78, 5) is 26.5. The first-order chi connectivity index (χ1) is 14.2. The predicted octanol–water partition coefficient (Wildman–Crippen LogP) is 1.97. The van der Waals surface area contributed by atoms with Crippen molar-refractivity contribution in [1.29, 1.82) is 0 Å². The number of anilines is 1. The highest BCUT2D eigenvalue weighted by atomic mass is 16.5. The molecule has 2 aromatic carbocycles. The van der Waals surface area contributed by atoms with Gasteiger partial charge in [0.05, 0.1) is 26.4 Å². The van der Waals surface area contributed by atoms with E-state index < -0.39 is 0 Å². The van der Waals surface area contributed by atoms with Crippen LogP contribution in [0.25, 0.3) is 0 Å². The van der Waals surface area contributed by atoms with Crippen LogP contribution in [0.1, 0.15) is 22.8 Å². The minimum atomic E-state index is -0.293. The maximum absolute atomic E-state index is 12.1. The number of rotatable bonds is 8. The molecule has 3 rings (SSSR count). The topological polar surface area (TPSA) is 79.9 Å². The number of hydrogen-bond acceptors (Lipinski definition) is 5. The Labute approximate surface area is 171 Å². The summed E-state index contributed by atoms with van der Waals surface area (Å²) in [5, 5.41) is 5.45. The van der Waals surface area contributed by atoms with Crippen LogP contribution in [0.5, 0.6) is 5.75 Å². The van der Waals surface area contributed by atoms with E-state index in [4.69, 9.17) is 9.47 Å². The van der Waals surface area contributed by atoms with Crippen LogP contribution in [0.3, 0.4) is 0 Å². The summed E-state index contributed by atoms with van der Waals surface area (Å²) in [6.07, 6.45) is 0. The number of hydrogen-bond donors (Lipinski definition) is 2. The molecule has 0 atom stereocenters. The van der Waals surface area contributed by atoms with Crippen LogP contribution in [0.2, 0.25) is 0 Å². The van der Waals surface area contributed by atoms with Gasteiger partial charge in [-0.2, -0.15) is 0 Å². The van der Waals surface area contributed by atoms with Gasteiger partial charge in [-0.05, 0) is 48.9 Å². The van der Waals surface area contributed by atoms with Crippen LogP contribution >= 0.6 is 0 Å². The highest BCUT2D eigenvalue weighted by Crippen LogP contribution is 2.16. The quantitative estimate of drug-likeness (QED) is 0.712. The molecule has 7 nitrogen and oxygen atoms in total. The summed E-state index contributed by atoms with van der Waals surface area (Å²) in [6, 6.07) is 14.9. The summed E-state index contributed by atoms with van der Waals surface area (Å²) < 4.78 is 10.7. The summed E-state index contributed by atoms with van der Waals surface area (Å²) in [6.45, 7) is 6.10. The van der Waals surface area contributed by atoms with Gasteiger partial charge < -0.3 is 25.0 Å². The van der Waals surface area contributed by atoms with Gasteiger partial charge in [0.2, 0.25) is 5.91 Å². The maximum atomic E-state index is 12.1. The maximum Gasteiger partial charge on any atom is 0.251 e. The van der Waals surface area contributed by atoms with Crippen molar-refractivity contribution in [2.24, 2.45) is 0 Å².